The Hall–Kier alpha value is -1.59. The van der Waals surface area contributed by atoms with E-state index in [0.29, 0.717) is 36.8 Å². The minimum Gasteiger partial charge on any atom is -0.339 e. The number of carbonyl (C=O) groups excluding carboxylic acids is 2. The molecule has 21 heavy (non-hydrogen) atoms. The molecular weight excluding hydrogens is 290 g/mol. The van der Waals surface area contributed by atoms with Gasteiger partial charge < -0.3 is 15.1 Å². The molecule has 0 saturated carbocycles. The molecule has 5 nitrogen and oxygen atoms in total. The molecule has 0 aromatic heterocycles. The van der Waals surface area contributed by atoms with E-state index in [1.807, 2.05) is 4.90 Å². The van der Waals surface area contributed by atoms with Crippen molar-refractivity contribution in [3.8, 4) is 0 Å². The molecule has 1 aromatic carbocycles. The smallest absolute Gasteiger partial charge is 0.254 e. The van der Waals surface area contributed by atoms with Crippen molar-refractivity contribution >= 4 is 23.4 Å². The summed E-state index contributed by atoms with van der Waals surface area (Å²) in [6, 6.07) is 6.98. The summed E-state index contributed by atoms with van der Waals surface area (Å²) in [5.41, 5.74) is 0.602. The number of carbonyl (C=O) groups is 2. The van der Waals surface area contributed by atoms with Gasteiger partial charge in [0.05, 0.1) is 5.92 Å². The van der Waals surface area contributed by atoms with Crippen LogP contribution in [0.2, 0.25) is 5.02 Å². The van der Waals surface area contributed by atoms with Gasteiger partial charge in [0.25, 0.3) is 5.91 Å². The SMILES string of the molecule is O=C(c1cccc(Cl)c1)N1CCN(C(=O)C2CNC2)CC1. The largest absolute Gasteiger partial charge is 0.339 e. The molecule has 2 aliphatic rings. The molecule has 2 amide bonds. The molecule has 0 atom stereocenters. The first kappa shape index (κ1) is 14.4. The third-order valence-electron chi connectivity index (χ3n) is 4.08. The number of piperazine rings is 1. The summed E-state index contributed by atoms with van der Waals surface area (Å²) in [6.45, 7) is 3.94. The Morgan fingerprint density at radius 3 is 2.33 bits per heavy atom. The van der Waals surface area contributed by atoms with E-state index in [2.05, 4.69) is 5.32 Å². The van der Waals surface area contributed by atoms with E-state index in [1.54, 1.807) is 29.2 Å². The zero-order chi connectivity index (χ0) is 14.8. The molecular formula is C15H18ClN3O2. The van der Waals surface area contributed by atoms with Crippen LogP contribution in [0.5, 0.6) is 0 Å². The molecule has 2 saturated heterocycles. The van der Waals surface area contributed by atoms with E-state index < -0.39 is 0 Å². The number of amides is 2. The molecule has 0 spiro atoms. The molecule has 0 unspecified atom stereocenters. The Bertz CT molecular complexity index is 552. The number of rotatable bonds is 2. The first-order valence-corrected chi connectivity index (χ1v) is 7.57. The zero-order valence-electron chi connectivity index (χ0n) is 11.7. The van der Waals surface area contributed by atoms with Gasteiger partial charge in [0.2, 0.25) is 5.91 Å². The minimum atomic E-state index is -0.0186. The van der Waals surface area contributed by atoms with Crippen molar-refractivity contribution < 1.29 is 9.59 Å². The van der Waals surface area contributed by atoms with Gasteiger partial charge in [-0.3, -0.25) is 9.59 Å². The molecule has 6 heteroatoms. The molecule has 0 bridgehead atoms. The van der Waals surface area contributed by atoms with Gasteiger partial charge in [0.15, 0.2) is 0 Å². The average molecular weight is 308 g/mol. The summed E-state index contributed by atoms with van der Waals surface area (Å²) in [6.07, 6.45) is 0. The van der Waals surface area contributed by atoms with E-state index in [9.17, 15) is 9.59 Å². The van der Waals surface area contributed by atoms with Gasteiger partial charge >= 0.3 is 0 Å². The number of hydrogen-bond donors (Lipinski definition) is 1. The summed E-state index contributed by atoms with van der Waals surface area (Å²) in [5, 5.41) is 3.67. The fourth-order valence-electron chi connectivity index (χ4n) is 2.66. The second-order valence-corrected chi connectivity index (χ2v) is 5.92. The monoisotopic (exact) mass is 307 g/mol. The zero-order valence-corrected chi connectivity index (χ0v) is 12.5. The van der Waals surface area contributed by atoms with Crippen LogP contribution < -0.4 is 5.32 Å². The first-order chi connectivity index (χ1) is 10.1. The molecule has 112 valence electrons. The lowest BCUT2D eigenvalue weighted by Gasteiger charge is -2.38. The van der Waals surface area contributed by atoms with Crippen LogP contribution in [-0.4, -0.2) is 60.9 Å². The van der Waals surface area contributed by atoms with Crippen LogP contribution in [0, 0.1) is 5.92 Å². The molecule has 1 aromatic rings. The second-order valence-electron chi connectivity index (χ2n) is 5.48. The third-order valence-corrected chi connectivity index (χ3v) is 4.32. The fraction of sp³-hybridized carbons (Fsp3) is 0.467. The van der Waals surface area contributed by atoms with Crippen LogP contribution in [0.3, 0.4) is 0 Å². The van der Waals surface area contributed by atoms with Gasteiger partial charge in [0, 0.05) is 49.9 Å². The standard InChI is InChI=1S/C15H18ClN3O2/c16-13-3-1-2-11(8-13)14(20)18-4-6-19(7-5-18)15(21)12-9-17-10-12/h1-3,8,12,17H,4-7,9-10H2. The van der Waals surface area contributed by atoms with Gasteiger partial charge in [-0.15, -0.1) is 0 Å². The highest BCUT2D eigenvalue weighted by Gasteiger charge is 2.32. The van der Waals surface area contributed by atoms with Crippen molar-refractivity contribution in [1.29, 1.82) is 0 Å². The maximum atomic E-state index is 12.4. The lowest BCUT2D eigenvalue weighted by molar-refractivity contribution is -0.138. The summed E-state index contributed by atoms with van der Waals surface area (Å²) in [7, 11) is 0. The Labute approximate surface area is 128 Å². The number of benzene rings is 1. The second kappa shape index (κ2) is 6.03. The summed E-state index contributed by atoms with van der Waals surface area (Å²) in [5.74, 6) is 0.318. The van der Waals surface area contributed by atoms with E-state index in [4.69, 9.17) is 11.6 Å². The maximum absolute atomic E-state index is 12.4. The van der Waals surface area contributed by atoms with E-state index in [1.165, 1.54) is 0 Å². The predicted octanol–water partition coefficient (Wildman–Crippen LogP) is 0.844. The number of halogens is 1. The Kier molecular flexibility index (Phi) is 4.12. The van der Waals surface area contributed by atoms with Crippen molar-refractivity contribution in [2.75, 3.05) is 39.3 Å². The minimum absolute atomic E-state index is 0.0186. The highest BCUT2D eigenvalue weighted by atomic mass is 35.5. The average Bonchev–Trinajstić information content (AvgIpc) is 2.45. The van der Waals surface area contributed by atoms with Crippen LogP contribution >= 0.6 is 11.6 Å². The van der Waals surface area contributed by atoms with Crippen molar-refractivity contribution in [3.63, 3.8) is 0 Å². The molecule has 0 aliphatic carbocycles. The van der Waals surface area contributed by atoms with E-state index in [0.717, 1.165) is 13.1 Å². The quantitative estimate of drug-likeness (QED) is 0.881. The van der Waals surface area contributed by atoms with E-state index in [-0.39, 0.29) is 17.7 Å². The highest BCUT2D eigenvalue weighted by molar-refractivity contribution is 6.30. The van der Waals surface area contributed by atoms with E-state index >= 15 is 0 Å². The number of nitrogens with one attached hydrogen (secondary N) is 1. The van der Waals surface area contributed by atoms with Gasteiger partial charge in [-0.25, -0.2) is 0 Å². The number of hydrogen-bond acceptors (Lipinski definition) is 3. The highest BCUT2D eigenvalue weighted by Crippen LogP contribution is 2.15. The summed E-state index contributed by atoms with van der Waals surface area (Å²) < 4.78 is 0. The summed E-state index contributed by atoms with van der Waals surface area (Å²) >= 11 is 5.92. The van der Waals surface area contributed by atoms with Crippen LogP contribution in [0.25, 0.3) is 0 Å². The topological polar surface area (TPSA) is 52.7 Å². The first-order valence-electron chi connectivity index (χ1n) is 7.19. The Morgan fingerprint density at radius 1 is 1.10 bits per heavy atom. The molecule has 3 rings (SSSR count). The summed E-state index contributed by atoms with van der Waals surface area (Å²) in [4.78, 5) is 28.2. The van der Waals surface area contributed by atoms with Crippen LogP contribution in [-0.2, 0) is 4.79 Å². The van der Waals surface area contributed by atoms with Crippen LogP contribution in [0.1, 0.15) is 10.4 Å². The Balaban J connectivity index is 1.57. The van der Waals surface area contributed by atoms with Gasteiger partial charge in [-0.1, -0.05) is 17.7 Å². The van der Waals surface area contributed by atoms with Crippen molar-refractivity contribution in [1.82, 2.24) is 15.1 Å². The Morgan fingerprint density at radius 2 is 1.76 bits per heavy atom. The maximum Gasteiger partial charge on any atom is 0.254 e. The molecule has 2 aliphatic heterocycles. The van der Waals surface area contributed by atoms with Crippen LogP contribution in [0.4, 0.5) is 0 Å². The van der Waals surface area contributed by atoms with Gasteiger partial charge in [-0.05, 0) is 18.2 Å². The lowest BCUT2D eigenvalue weighted by atomic mass is 10.0. The van der Waals surface area contributed by atoms with Crippen LogP contribution in [0.15, 0.2) is 24.3 Å². The fourth-order valence-corrected chi connectivity index (χ4v) is 2.85. The van der Waals surface area contributed by atoms with Gasteiger partial charge in [-0.2, -0.15) is 0 Å². The third kappa shape index (κ3) is 3.04. The van der Waals surface area contributed by atoms with Crippen molar-refractivity contribution in [2.45, 2.75) is 0 Å². The molecule has 2 fully saturated rings. The molecule has 2 heterocycles. The molecule has 0 radical (unpaired) electrons. The molecule has 1 N–H and O–H groups in total. The normalized spacial score (nSPS) is 19.3. The van der Waals surface area contributed by atoms with Crippen molar-refractivity contribution in [2.24, 2.45) is 5.92 Å². The lowest BCUT2D eigenvalue weighted by Crippen LogP contribution is -2.57. The number of nitrogens with zero attached hydrogens (tertiary/aromatic N) is 2. The predicted molar refractivity (Wildman–Crippen MR) is 80.3 cm³/mol. The van der Waals surface area contributed by atoms with Gasteiger partial charge in [0.1, 0.15) is 0 Å². The van der Waals surface area contributed by atoms with Crippen molar-refractivity contribution in [3.05, 3.63) is 34.9 Å².